The highest BCUT2D eigenvalue weighted by atomic mass is 16.5. The molecule has 1 aliphatic carbocycles. The normalized spacial score (nSPS) is 31.2. The van der Waals surface area contributed by atoms with Crippen LogP contribution in [0.1, 0.15) is 27.2 Å². The maximum Gasteiger partial charge on any atom is 0.333 e. The van der Waals surface area contributed by atoms with Gasteiger partial charge in [0.05, 0.1) is 31.7 Å². The molecule has 146 valence electrons. The molecule has 1 fully saturated rings. The molecular weight excluding hydrogens is 336 g/mol. The monoisotopic (exact) mass is 366 g/mol. The molecule has 6 heteroatoms. The molecule has 0 radical (unpaired) electrons. The van der Waals surface area contributed by atoms with Crippen molar-refractivity contribution in [2.45, 2.75) is 39.4 Å². The molecule has 0 aromatic carbocycles. The van der Waals surface area contributed by atoms with Gasteiger partial charge in [-0.2, -0.15) is 0 Å². The van der Waals surface area contributed by atoms with E-state index in [1.807, 2.05) is 6.92 Å². The summed E-state index contributed by atoms with van der Waals surface area (Å²) in [4.78, 5) is 24.2. The van der Waals surface area contributed by atoms with Crippen molar-refractivity contribution in [1.29, 1.82) is 0 Å². The van der Waals surface area contributed by atoms with Gasteiger partial charge in [-0.1, -0.05) is 40.0 Å². The van der Waals surface area contributed by atoms with Crippen LogP contribution in [0.3, 0.4) is 0 Å². The Kier molecular flexibility index (Phi) is 7.35. The van der Waals surface area contributed by atoms with Gasteiger partial charge in [-0.3, -0.25) is 4.79 Å². The largest absolute Gasteiger partial charge is 0.466 e. The van der Waals surface area contributed by atoms with Crippen molar-refractivity contribution in [3.05, 3.63) is 37.0 Å². The van der Waals surface area contributed by atoms with Crippen molar-refractivity contribution >= 4 is 11.9 Å². The topological polar surface area (TPSA) is 93.1 Å². The molecular formula is C20H30O6. The molecule has 0 aromatic rings. The predicted molar refractivity (Wildman–Crippen MR) is 98.0 cm³/mol. The Balaban J connectivity index is 3.39. The van der Waals surface area contributed by atoms with Crippen LogP contribution >= 0.6 is 0 Å². The number of aliphatic hydroxyl groups excluding tert-OH is 2. The molecule has 1 aliphatic rings. The Morgan fingerprint density at radius 3 is 2.35 bits per heavy atom. The summed E-state index contributed by atoms with van der Waals surface area (Å²) in [6, 6.07) is 0. The molecule has 0 aromatic heterocycles. The minimum absolute atomic E-state index is 0.0170. The molecule has 1 rings (SSSR count). The lowest BCUT2D eigenvalue weighted by molar-refractivity contribution is -0.168. The lowest BCUT2D eigenvalue weighted by atomic mass is 9.58. The number of carbonyl (C=O) groups is 2. The highest BCUT2D eigenvalue weighted by Crippen LogP contribution is 2.50. The zero-order valence-corrected chi connectivity index (χ0v) is 16.0. The second-order valence-corrected chi connectivity index (χ2v) is 7.37. The quantitative estimate of drug-likeness (QED) is 0.407. The molecule has 0 amide bonds. The number of hydrogen-bond acceptors (Lipinski definition) is 6. The van der Waals surface area contributed by atoms with Crippen LogP contribution in [0.25, 0.3) is 0 Å². The van der Waals surface area contributed by atoms with E-state index in [0.717, 1.165) is 0 Å². The number of rotatable bonds is 7. The second-order valence-electron chi connectivity index (χ2n) is 7.37. The van der Waals surface area contributed by atoms with Gasteiger partial charge in [0, 0.05) is 11.5 Å². The highest BCUT2D eigenvalue weighted by Gasteiger charge is 2.53. The van der Waals surface area contributed by atoms with E-state index in [9.17, 15) is 19.8 Å². The fourth-order valence-corrected chi connectivity index (χ4v) is 3.62. The SMILES string of the molecule is C=C[C@@]1(C)C[C@H](OC(=O)C(C)C)[C@H](C(=C)C(=O)OC)[C@@H](O)[C@H]1C(=C)CO. The van der Waals surface area contributed by atoms with E-state index in [-0.39, 0.29) is 18.1 Å². The average molecular weight is 366 g/mol. The first-order valence-corrected chi connectivity index (χ1v) is 8.61. The van der Waals surface area contributed by atoms with Crippen molar-refractivity contribution in [2.24, 2.45) is 23.2 Å². The van der Waals surface area contributed by atoms with Crippen molar-refractivity contribution < 1.29 is 29.3 Å². The zero-order chi connectivity index (χ0) is 20.2. The number of methoxy groups -OCH3 is 1. The summed E-state index contributed by atoms with van der Waals surface area (Å²) in [5, 5.41) is 20.6. The highest BCUT2D eigenvalue weighted by molar-refractivity contribution is 5.88. The van der Waals surface area contributed by atoms with Crippen LogP contribution in [0.2, 0.25) is 0 Å². The maximum absolute atomic E-state index is 12.2. The fourth-order valence-electron chi connectivity index (χ4n) is 3.62. The van der Waals surface area contributed by atoms with Gasteiger partial charge in [0.1, 0.15) is 6.10 Å². The number of aliphatic hydroxyl groups is 2. The van der Waals surface area contributed by atoms with Gasteiger partial charge < -0.3 is 19.7 Å². The van der Waals surface area contributed by atoms with E-state index < -0.39 is 41.4 Å². The van der Waals surface area contributed by atoms with Gasteiger partial charge >= 0.3 is 11.9 Å². The van der Waals surface area contributed by atoms with Crippen molar-refractivity contribution in [2.75, 3.05) is 13.7 Å². The van der Waals surface area contributed by atoms with Gasteiger partial charge in [0.25, 0.3) is 0 Å². The standard InChI is InChI=1S/C20H30O6/c1-8-20(6)9-14(26-18(23)11(2)3)15(13(5)19(24)25-7)17(22)16(20)12(4)10-21/h8,11,14-17,21-22H,1,4-5,9-10H2,2-3,6-7H3/t14-,15-,16+,17+,20-/m0/s1. The fraction of sp³-hybridized carbons (Fsp3) is 0.600. The summed E-state index contributed by atoms with van der Waals surface area (Å²) in [7, 11) is 1.22. The summed E-state index contributed by atoms with van der Waals surface area (Å²) in [6.07, 6.45) is 0.0334. The zero-order valence-electron chi connectivity index (χ0n) is 16.0. The Morgan fingerprint density at radius 1 is 1.35 bits per heavy atom. The van der Waals surface area contributed by atoms with Gasteiger partial charge in [0.15, 0.2) is 0 Å². The van der Waals surface area contributed by atoms with E-state index in [0.29, 0.717) is 12.0 Å². The third-order valence-corrected chi connectivity index (χ3v) is 5.16. The Labute approximate surface area is 155 Å². The number of hydrogen-bond donors (Lipinski definition) is 2. The molecule has 0 aliphatic heterocycles. The average Bonchev–Trinajstić information content (AvgIpc) is 2.59. The lowest BCUT2D eigenvalue weighted by Gasteiger charge is -2.50. The number of carbonyl (C=O) groups excluding carboxylic acids is 2. The predicted octanol–water partition coefficient (Wildman–Crippen LogP) is 2.02. The molecule has 0 heterocycles. The molecule has 0 spiro atoms. The van der Waals surface area contributed by atoms with E-state index in [1.165, 1.54) is 7.11 Å². The molecule has 6 nitrogen and oxygen atoms in total. The van der Waals surface area contributed by atoms with E-state index in [1.54, 1.807) is 19.9 Å². The first kappa shape index (κ1) is 22.1. The van der Waals surface area contributed by atoms with Crippen LogP contribution in [0, 0.1) is 23.2 Å². The first-order valence-electron chi connectivity index (χ1n) is 8.61. The Morgan fingerprint density at radius 2 is 1.92 bits per heavy atom. The van der Waals surface area contributed by atoms with Crippen LogP contribution in [-0.4, -0.2) is 48.1 Å². The number of ether oxygens (including phenoxy) is 2. The first-order chi connectivity index (χ1) is 12.0. The molecule has 26 heavy (non-hydrogen) atoms. The summed E-state index contributed by atoms with van der Waals surface area (Å²) < 4.78 is 10.3. The maximum atomic E-state index is 12.2. The molecule has 1 saturated carbocycles. The van der Waals surface area contributed by atoms with E-state index >= 15 is 0 Å². The van der Waals surface area contributed by atoms with Crippen LogP contribution in [0.15, 0.2) is 37.0 Å². The Bertz CT molecular complexity index is 593. The van der Waals surface area contributed by atoms with Gasteiger partial charge in [0.2, 0.25) is 0 Å². The van der Waals surface area contributed by atoms with Crippen molar-refractivity contribution in [3.63, 3.8) is 0 Å². The van der Waals surface area contributed by atoms with Crippen molar-refractivity contribution in [1.82, 2.24) is 0 Å². The van der Waals surface area contributed by atoms with Gasteiger partial charge in [-0.15, -0.1) is 6.58 Å². The third-order valence-electron chi connectivity index (χ3n) is 5.16. The summed E-state index contributed by atoms with van der Waals surface area (Å²) in [6.45, 7) is 16.4. The smallest absolute Gasteiger partial charge is 0.333 e. The summed E-state index contributed by atoms with van der Waals surface area (Å²) in [5.74, 6) is -2.93. The van der Waals surface area contributed by atoms with Crippen molar-refractivity contribution in [3.8, 4) is 0 Å². The molecule has 0 saturated heterocycles. The number of allylic oxidation sites excluding steroid dienone is 1. The van der Waals surface area contributed by atoms with E-state index in [4.69, 9.17) is 9.47 Å². The third kappa shape index (κ3) is 4.24. The number of esters is 2. The van der Waals surface area contributed by atoms with E-state index in [2.05, 4.69) is 19.7 Å². The van der Waals surface area contributed by atoms with Crippen LogP contribution in [0.5, 0.6) is 0 Å². The van der Waals surface area contributed by atoms with Crippen LogP contribution < -0.4 is 0 Å². The Hall–Kier alpha value is -1.92. The lowest BCUT2D eigenvalue weighted by Crippen LogP contribution is -2.54. The minimum Gasteiger partial charge on any atom is -0.466 e. The van der Waals surface area contributed by atoms with Gasteiger partial charge in [-0.25, -0.2) is 4.79 Å². The molecule has 2 N–H and O–H groups in total. The second kappa shape index (κ2) is 8.64. The molecule has 5 atom stereocenters. The molecule has 0 bridgehead atoms. The summed E-state index contributed by atoms with van der Waals surface area (Å²) >= 11 is 0. The van der Waals surface area contributed by atoms with Crippen LogP contribution in [-0.2, 0) is 19.1 Å². The van der Waals surface area contributed by atoms with Gasteiger partial charge in [-0.05, 0) is 17.4 Å². The van der Waals surface area contributed by atoms with Crippen LogP contribution in [0.4, 0.5) is 0 Å². The molecule has 0 unspecified atom stereocenters. The summed E-state index contributed by atoms with van der Waals surface area (Å²) in [5.41, 5.74) is -0.256. The minimum atomic E-state index is -1.15.